The average Bonchev–Trinajstić information content (AvgIpc) is 2.49. The van der Waals surface area contributed by atoms with Crippen molar-refractivity contribution in [3.63, 3.8) is 0 Å². The highest BCUT2D eigenvalue weighted by molar-refractivity contribution is 7.99. The summed E-state index contributed by atoms with van der Waals surface area (Å²) in [5.41, 5.74) is 1.17. The molecule has 0 aliphatic carbocycles. The minimum absolute atomic E-state index is 0. The number of benzene rings is 1. The lowest BCUT2D eigenvalue weighted by atomic mass is 10.2. The maximum Gasteiger partial charge on any atom is 0.221 e. The van der Waals surface area contributed by atoms with Crippen LogP contribution in [0.3, 0.4) is 0 Å². The van der Waals surface area contributed by atoms with Gasteiger partial charge < -0.3 is 15.5 Å². The van der Waals surface area contributed by atoms with Gasteiger partial charge in [-0.3, -0.25) is 4.79 Å². The maximum atomic E-state index is 11.9. The molecule has 126 valence electrons. The van der Waals surface area contributed by atoms with Crippen molar-refractivity contribution in [3.8, 4) is 0 Å². The minimum Gasteiger partial charge on any atom is -0.373 e. The van der Waals surface area contributed by atoms with Crippen molar-refractivity contribution in [3.05, 3.63) is 30.3 Å². The van der Waals surface area contributed by atoms with Crippen molar-refractivity contribution in [1.82, 2.24) is 10.6 Å². The molecule has 0 spiro atoms. The Morgan fingerprint density at radius 1 is 1.36 bits per heavy atom. The molecule has 7 heteroatoms. The number of amides is 1. The molecule has 1 atom stereocenters. The smallest absolute Gasteiger partial charge is 0.221 e. The van der Waals surface area contributed by atoms with Gasteiger partial charge in [-0.25, -0.2) is 0 Å². The highest BCUT2D eigenvalue weighted by Gasteiger charge is 2.16. The first kappa shape index (κ1) is 21.4. The number of para-hydroxylation sites is 1. The first-order chi connectivity index (χ1) is 9.75. The summed E-state index contributed by atoms with van der Waals surface area (Å²) < 4.78 is 0. The van der Waals surface area contributed by atoms with E-state index in [4.69, 9.17) is 0 Å². The van der Waals surface area contributed by atoms with Crippen molar-refractivity contribution >= 4 is 48.2 Å². The Bertz CT molecular complexity index is 417. The van der Waals surface area contributed by atoms with E-state index in [-0.39, 0.29) is 30.7 Å². The summed E-state index contributed by atoms with van der Waals surface area (Å²) in [4.78, 5) is 14.0. The van der Waals surface area contributed by atoms with Gasteiger partial charge in [-0.1, -0.05) is 18.2 Å². The Balaban J connectivity index is 0.00000220. The molecule has 2 rings (SSSR count). The van der Waals surface area contributed by atoms with E-state index in [0.717, 1.165) is 24.6 Å². The van der Waals surface area contributed by atoms with Crippen LogP contribution in [0, 0.1) is 0 Å². The summed E-state index contributed by atoms with van der Waals surface area (Å²) in [7, 11) is 2.04. The third kappa shape index (κ3) is 7.58. The van der Waals surface area contributed by atoms with Crippen molar-refractivity contribution < 1.29 is 4.79 Å². The fourth-order valence-corrected chi connectivity index (χ4v) is 3.17. The number of carbonyl (C=O) groups is 1. The van der Waals surface area contributed by atoms with E-state index < -0.39 is 0 Å². The minimum atomic E-state index is 0. The molecule has 2 N–H and O–H groups in total. The predicted octanol–water partition coefficient (Wildman–Crippen LogP) is 2.18. The number of rotatable bonds is 6. The zero-order chi connectivity index (χ0) is 14.2. The van der Waals surface area contributed by atoms with E-state index in [0.29, 0.717) is 19.0 Å². The molecule has 1 aromatic rings. The third-order valence-corrected chi connectivity index (χ3v) is 4.53. The van der Waals surface area contributed by atoms with Crippen molar-refractivity contribution in [2.75, 3.05) is 43.1 Å². The quantitative estimate of drug-likeness (QED) is 0.810. The highest BCUT2D eigenvalue weighted by Crippen LogP contribution is 2.11. The van der Waals surface area contributed by atoms with Crippen LogP contribution in [0.25, 0.3) is 0 Å². The van der Waals surface area contributed by atoms with Gasteiger partial charge in [0, 0.05) is 56.3 Å². The van der Waals surface area contributed by atoms with Crippen LogP contribution in [0.4, 0.5) is 5.69 Å². The molecule has 1 heterocycles. The van der Waals surface area contributed by atoms with Gasteiger partial charge in [-0.05, 0) is 12.1 Å². The van der Waals surface area contributed by atoms with Crippen LogP contribution in [0.5, 0.6) is 0 Å². The predicted molar refractivity (Wildman–Crippen MR) is 101 cm³/mol. The Morgan fingerprint density at radius 2 is 2.09 bits per heavy atom. The highest BCUT2D eigenvalue weighted by atomic mass is 35.5. The molecule has 4 nitrogen and oxygen atoms in total. The number of thioether (sulfide) groups is 1. The monoisotopic (exact) mass is 365 g/mol. The first-order valence-electron chi connectivity index (χ1n) is 7.10. The van der Waals surface area contributed by atoms with Crippen LogP contribution in [-0.4, -0.2) is 50.1 Å². The second-order valence-electron chi connectivity index (χ2n) is 5.04. The van der Waals surface area contributed by atoms with Crippen LogP contribution in [0.2, 0.25) is 0 Å². The topological polar surface area (TPSA) is 44.4 Å². The number of likely N-dealkylation sites (N-methyl/N-ethyl adjacent to an activating group) is 1. The standard InChI is InChI=1S/C15H23N3OS.2ClH/c1-18(14-5-3-2-4-6-14)9-7-17-15(19)11-13-12-20-10-8-16-13;;/h2-6,13,16H,7-12H2,1H3,(H,17,19);2*1H. The van der Waals surface area contributed by atoms with Gasteiger partial charge in [0.05, 0.1) is 0 Å². The number of carbonyl (C=O) groups excluding carboxylic acids is 1. The average molecular weight is 366 g/mol. The largest absolute Gasteiger partial charge is 0.373 e. The second-order valence-corrected chi connectivity index (χ2v) is 6.19. The SMILES string of the molecule is CN(CCNC(=O)CC1CSCCN1)c1ccccc1.Cl.Cl. The molecule has 0 bridgehead atoms. The van der Waals surface area contributed by atoms with Crippen LogP contribution in [-0.2, 0) is 4.79 Å². The zero-order valence-electron chi connectivity index (χ0n) is 12.8. The molecule has 0 saturated carbocycles. The van der Waals surface area contributed by atoms with Crippen molar-refractivity contribution in [1.29, 1.82) is 0 Å². The summed E-state index contributed by atoms with van der Waals surface area (Å²) in [6, 6.07) is 10.5. The van der Waals surface area contributed by atoms with Crippen LogP contribution < -0.4 is 15.5 Å². The Kier molecular flexibility index (Phi) is 11.5. The second kappa shape index (κ2) is 11.9. The Hall–Kier alpha value is -0.620. The number of nitrogens with one attached hydrogen (secondary N) is 2. The number of hydrogen-bond acceptors (Lipinski definition) is 4. The van der Waals surface area contributed by atoms with E-state index in [1.54, 1.807) is 0 Å². The first-order valence-corrected chi connectivity index (χ1v) is 8.25. The molecule has 1 fully saturated rings. The van der Waals surface area contributed by atoms with Gasteiger partial charge in [0.25, 0.3) is 0 Å². The Labute approximate surface area is 149 Å². The molecule has 1 aliphatic rings. The number of nitrogens with zero attached hydrogens (tertiary/aromatic N) is 1. The van der Waals surface area contributed by atoms with E-state index >= 15 is 0 Å². The molecule has 1 unspecified atom stereocenters. The van der Waals surface area contributed by atoms with Gasteiger partial charge in [-0.2, -0.15) is 11.8 Å². The van der Waals surface area contributed by atoms with Crippen LogP contribution >= 0.6 is 36.6 Å². The number of hydrogen-bond donors (Lipinski definition) is 2. The number of anilines is 1. The molecule has 1 aromatic carbocycles. The van der Waals surface area contributed by atoms with Crippen LogP contribution in [0.15, 0.2) is 30.3 Å². The summed E-state index contributed by atoms with van der Waals surface area (Å²) in [5, 5.41) is 6.38. The van der Waals surface area contributed by atoms with Crippen LogP contribution in [0.1, 0.15) is 6.42 Å². The molecular formula is C15H25Cl2N3OS. The van der Waals surface area contributed by atoms with E-state index in [9.17, 15) is 4.79 Å². The molecule has 0 radical (unpaired) electrons. The molecule has 1 saturated heterocycles. The van der Waals surface area contributed by atoms with Crippen molar-refractivity contribution in [2.45, 2.75) is 12.5 Å². The van der Waals surface area contributed by atoms with E-state index in [1.807, 2.05) is 37.0 Å². The Morgan fingerprint density at radius 3 is 2.73 bits per heavy atom. The summed E-state index contributed by atoms with van der Waals surface area (Å²) in [5.74, 6) is 2.34. The molecule has 1 aliphatic heterocycles. The van der Waals surface area contributed by atoms with E-state index in [2.05, 4.69) is 27.7 Å². The van der Waals surface area contributed by atoms with Crippen molar-refractivity contribution in [2.24, 2.45) is 0 Å². The maximum absolute atomic E-state index is 11.9. The zero-order valence-corrected chi connectivity index (χ0v) is 15.2. The summed E-state index contributed by atoms with van der Waals surface area (Å²) >= 11 is 1.92. The molecule has 0 aromatic heterocycles. The summed E-state index contributed by atoms with van der Waals surface area (Å²) in [6.07, 6.45) is 0.585. The lowest BCUT2D eigenvalue weighted by Gasteiger charge is -2.23. The summed E-state index contributed by atoms with van der Waals surface area (Å²) in [6.45, 7) is 2.52. The lowest BCUT2D eigenvalue weighted by Crippen LogP contribution is -2.42. The molecule has 22 heavy (non-hydrogen) atoms. The van der Waals surface area contributed by atoms with Gasteiger partial charge in [0.1, 0.15) is 0 Å². The van der Waals surface area contributed by atoms with Gasteiger partial charge in [0.2, 0.25) is 5.91 Å². The third-order valence-electron chi connectivity index (χ3n) is 3.40. The number of halogens is 2. The lowest BCUT2D eigenvalue weighted by molar-refractivity contribution is -0.121. The molecular weight excluding hydrogens is 341 g/mol. The van der Waals surface area contributed by atoms with Gasteiger partial charge in [-0.15, -0.1) is 24.8 Å². The van der Waals surface area contributed by atoms with E-state index in [1.165, 1.54) is 5.69 Å². The normalized spacial score (nSPS) is 16.9. The fourth-order valence-electron chi connectivity index (χ4n) is 2.22. The van der Waals surface area contributed by atoms with Gasteiger partial charge >= 0.3 is 0 Å². The fraction of sp³-hybridized carbons (Fsp3) is 0.533. The molecule has 1 amide bonds. The van der Waals surface area contributed by atoms with Gasteiger partial charge in [0.15, 0.2) is 0 Å².